The summed E-state index contributed by atoms with van der Waals surface area (Å²) >= 11 is 0. The Morgan fingerprint density at radius 1 is 1.35 bits per heavy atom. The maximum atomic E-state index is 9.61. The number of nitrogens with zero attached hydrogens (tertiary/aromatic N) is 2. The first-order chi connectivity index (χ1) is 11.0. The van der Waals surface area contributed by atoms with E-state index in [-0.39, 0.29) is 0 Å². The Hall–Kier alpha value is -2.93. The Kier molecular flexibility index (Phi) is 5.27. The van der Waals surface area contributed by atoms with Crippen molar-refractivity contribution >= 4 is 11.3 Å². The van der Waals surface area contributed by atoms with Crippen LogP contribution in [0.25, 0.3) is 5.57 Å². The predicted octanol–water partition coefficient (Wildman–Crippen LogP) is 3.40. The fourth-order valence-corrected chi connectivity index (χ4v) is 2.36. The fraction of sp³-hybridized carbons (Fsp3) is 0.211. The van der Waals surface area contributed by atoms with Gasteiger partial charge in [0.2, 0.25) is 0 Å². The summed E-state index contributed by atoms with van der Waals surface area (Å²) in [6.45, 7) is 0. The number of anilines is 1. The summed E-state index contributed by atoms with van der Waals surface area (Å²) in [7, 11) is 5.53. The highest BCUT2D eigenvalue weighted by atomic mass is 16.5. The number of ether oxygens (including phenoxy) is 1. The molecule has 0 aliphatic heterocycles. The standard InChI is InChI=1S/C19H21N3O/c1-22(2)19-12-17(23-3)9-10-18(19)15(13-20)11-14-5-4-6-16(21)8-7-14/h4,6-12H,5,21H2,1-3H3/b15-11+. The number of hydrogen-bond acceptors (Lipinski definition) is 4. The number of methoxy groups -OCH3 is 1. The Labute approximate surface area is 137 Å². The van der Waals surface area contributed by atoms with Crippen LogP contribution in [0.15, 0.2) is 59.8 Å². The first-order valence-electron chi connectivity index (χ1n) is 7.35. The summed E-state index contributed by atoms with van der Waals surface area (Å²) in [4.78, 5) is 1.97. The lowest BCUT2D eigenvalue weighted by Gasteiger charge is -2.18. The number of nitriles is 1. The summed E-state index contributed by atoms with van der Waals surface area (Å²) in [6.07, 6.45) is 10.3. The summed E-state index contributed by atoms with van der Waals surface area (Å²) in [5, 5.41) is 9.61. The number of rotatable bonds is 4. The second-order valence-corrected chi connectivity index (χ2v) is 5.46. The third-order valence-corrected chi connectivity index (χ3v) is 3.58. The molecule has 0 spiro atoms. The lowest BCUT2D eigenvalue weighted by atomic mass is 10.00. The van der Waals surface area contributed by atoms with E-state index < -0.39 is 0 Å². The molecule has 0 heterocycles. The zero-order valence-electron chi connectivity index (χ0n) is 13.7. The van der Waals surface area contributed by atoms with Gasteiger partial charge in [-0.05, 0) is 42.4 Å². The zero-order chi connectivity index (χ0) is 16.8. The normalized spacial score (nSPS) is 14.4. The van der Waals surface area contributed by atoms with E-state index in [1.54, 1.807) is 7.11 Å². The van der Waals surface area contributed by atoms with Gasteiger partial charge in [0.25, 0.3) is 0 Å². The molecule has 2 N–H and O–H groups in total. The first kappa shape index (κ1) is 16.4. The molecule has 1 aliphatic carbocycles. The summed E-state index contributed by atoms with van der Waals surface area (Å²) in [6, 6.07) is 8.02. The van der Waals surface area contributed by atoms with Crippen LogP contribution in [-0.4, -0.2) is 21.2 Å². The minimum Gasteiger partial charge on any atom is -0.497 e. The van der Waals surface area contributed by atoms with Crippen LogP contribution < -0.4 is 15.4 Å². The van der Waals surface area contributed by atoms with Crippen LogP contribution in [0.4, 0.5) is 5.69 Å². The van der Waals surface area contributed by atoms with Gasteiger partial charge < -0.3 is 15.4 Å². The second-order valence-electron chi connectivity index (χ2n) is 5.46. The van der Waals surface area contributed by atoms with Crippen LogP contribution in [0.3, 0.4) is 0 Å². The van der Waals surface area contributed by atoms with Crippen molar-refractivity contribution in [2.24, 2.45) is 5.73 Å². The van der Waals surface area contributed by atoms with E-state index in [1.807, 2.05) is 67.6 Å². The molecule has 0 bridgehead atoms. The SMILES string of the molecule is COc1ccc(/C(C#N)=C/C2=CC=C(N)C=CC2)c(N(C)C)c1. The molecule has 0 saturated carbocycles. The Morgan fingerprint density at radius 3 is 2.78 bits per heavy atom. The van der Waals surface area contributed by atoms with E-state index in [0.717, 1.165) is 29.0 Å². The molecule has 4 heteroatoms. The third-order valence-electron chi connectivity index (χ3n) is 3.58. The van der Waals surface area contributed by atoms with Gasteiger partial charge in [-0.1, -0.05) is 12.2 Å². The molecule has 0 unspecified atom stereocenters. The van der Waals surface area contributed by atoms with Gasteiger partial charge in [-0.3, -0.25) is 0 Å². The van der Waals surface area contributed by atoms with Crippen LogP contribution in [0, 0.1) is 11.3 Å². The molecule has 2 rings (SSSR count). The van der Waals surface area contributed by atoms with Gasteiger partial charge in [-0.15, -0.1) is 0 Å². The van der Waals surface area contributed by atoms with Crippen molar-refractivity contribution in [3.63, 3.8) is 0 Å². The van der Waals surface area contributed by atoms with Crippen LogP contribution in [0.1, 0.15) is 12.0 Å². The largest absolute Gasteiger partial charge is 0.497 e. The molecule has 0 fully saturated rings. The fourth-order valence-electron chi connectivity index (χ4n) is 2.36. The highest BCUT2D eigenvalue weighted by molar-refractivity contribution is 5.86. The average molecular weight is 307 g/mol. The highest BCUT2D eigenvalue weighted by Crippen LogP contribution is 2.31. The van der Waals surface area contributed by atoms with Crippen molar-refractivity contribution in [1.82, 2.24) is 0 Å². The molecule has 118 valence electrons. The minimum atomic E-state index is 0.616. The van der Waals surface area contributed by atoms with E-state index in [1.165, 1.54) is 0 Å². The van der Waals surface area contributed by atoms with Crippen molar-refractivity contribution < 1.29 is 4.74 Å². The van der Waals surface area contributed by atoms with Crippen molar-refractivity contribution in [1.29, 1.82) is 5.26 Å². The second kappa shape index (κ2) is 7.37. The van der Waals surface area contributed by atoms with Gasteiger partial charge in [0.05, 0.1) is 18.8 Å². The summed E-state index contributed by atoms with van der Waals surface area (Å²) in [5.41, 5.74) is 9.98. The topological polar surface area (TPSA) is 62.3 Å². The molecule has 1 aromatic rings. The lowest BCUT2D eigenvalue weighted by molar-refractivity contribution is 0.415. The van der Waals surface area contributed by atoms with Crippen LogP contribution in [0.2, 0.25) is 0 Å². The maximum absolute atomic E-state index is 9.61. The molecule has 1 aliphatic rings. The molecule has 0 radical (unpaired) electrons. The van der Waals surface area contributed by atoms with Gasteiger partial charge >= 0.3 is 0 Å². The molecule has 1 aromatic carbocycles. The van der Waals surface area contributed by atoms with Gasteiger partial charge in [0, 0.05) is 37.1 Å². The van der Waals surface area contributed by atoms with Crippen molar-refractivity contribution in [2.45, 2.75) is 6.42 Å². The number of allylic oxidation sites excluding steroid dienone is 7. The van der Waals surface area contributed by atoms with E-state index in [4.69, 9.17) is 10.5 Å². The van der Waals surface area contributed by atoms with E-state index in [0.29, 0.717) is 11.3 Å². The van der Waals surface area contributed by atoms with Crippen molar-refractivity contribution in [3.05, 3.63) is 65.4 Å². The van der Waals surface area contributed by atoms with Crippen LogP contribution in [-0.2, 0) is 0 Å². The van der Waals surface area contributed by atoms with Crippen molar-refractivity contribution in [2.75, 3.05) is 26.1 Å². The van der Waals surface area contributed by atoms with Gasteiger partial charge in [-0.2, -0.15) is 5.26 Å². The predicted molar refractivity (Wildman–Crippen MR) is 95.0 cm³/mol. The van der Waals surface area contributed by atoms with E-state index >= 15 is 0 Å². The molecule has 0 amide bonds. The van der Waals surface area contributed by atoms with Gasteiger partial charge in [0.1, 0.15) is 5.75 Å². The smallest absolute Gasteiger partial charge is 0.120 e. The van der Waals surface area contributed by atoms with Crippen LogP contribution >= 0.6 is 0 Å². The van der Waals surface area contributed by atoms with Crippen LogP contribution in [0.5, 0.6) is 5.75 Å². The number of benzene rings is 1. The van der Waals surface area contributed by atoms with E-state index in [9.17, 15) is 5.26 Å². The molecule has 4 nitrogen and oxygen atoms in total. The summed E-state index contributed by atoms with van der Waals surface area (Å²) < 4.78 is 5.28. The Bertz CT molecular complexity index is 746. The van der Waals surface area contributed by atoms with Crippen molar-refractivity contribution in [3.8, 4) is 11.8 Å². The van der Waals surface area contributed by atoms with Gasteiger partial charge in [-0.25, -0.2) is 0 Å². The first-order valence-corrected chi connectivity index (χ1v) is 7.35. The van der Waals surface area contributed by atoms with E-state index in [2.05, 4.69) is 6.07 Å². The minimum absolute atomic E-state index is 0.616. The maximum Gasteiger partial charge on any atom is 0.120 e. The quantitative estimate of drug-likeness (QED) is 0.866. The van der Waals surface area contributed by atoms with Gasteiger partial charge in [0.15, 0.2) is 0 Å². The summed E-state index contributed by atoms with van der Waals surface area (Å²) in [5.74, 6) is 0.766. The molecule has 0 saturated heterocycles. The molecule has 23 heavy (non-hydrogen) atoms. The Balaban J connectivity index is 2.48. The lowest BCUT2D eigenvalue weighted by Crippen LogP contribution is -2.11. The monoisotopic (exact) mass is 307 g/mol. The molecule has 0 atom stereocenters. The third kappa shape index (κ3) is 4.04. The molecule has 0 aromatic heterocycles. The number of hydrogen-bond donors (Lipinski definition) is 1. The zero-order valence-corrected chi connectivity index (χ0v) is 13.7. The Morgan fingerprint density at radius 2 is 2.13 bits per heavy atom. The number of nitrogens with two attached hydrogens (primary N) is 1. The average Bonchev–Trinajstić information content (AvgIpc) is 2.76. The molecular formula is C19H21N3O. The molecular weight excluding hydrogens is 286 g/mol. The highest BCUT2D eigenvalue weighted by Gasteiger charge is 2.11.